The number of amides is 4. The molecule has 14 heteroatoms. The molecule has 4 N–H and O–H groups in total. The highest BCUT2D eigenvalue weighted by atomic mass is 16.5. The second-order valence-electron chi connectivity index (χ2n) is 19.5. The van der Waals surface area contributed by atoms with Gasteiger partial charge in [0.1, 0.15) is 23.7 Å². The van der Waals surface area contributed by atoms with Gasteiger partial charge in [0.05, 0.1) is 49.2 Å². The fourth-order valence-corrected chi connectivity index (χ4v) is 12.1. The number of likely N-dealkylation sites (tertiary alicyclic amines) is 2. The van der Waals surface area contributed by atoms with Crippen molar-refractivity contribution in [2.75, 3.05) is 27.3 Å². The average molecular weight is 951 g/mol. The van der Waals surface area contributed by atoms with Crippen molar-refractivity contribution in [3.05, 3.63) is 155 Å². The van der Waals surface area contributed by atoms with Crippen LogP contribution in [0.4, 0.5) is 9.59 Å². The zero-order valence-corrected chi connectivity index (χ0v) is 40.1. The normalized spacial score (nSPS) is 18.9. The molecule has 2 saturated heterocycles. The summed E-state index contributed by atoms with van der Waals surface area (Å²) in [5.41, 5.74) is 13.0. The molecule has 2 aliphatic carbocycles. The topological polar surface area (TPSA) is 175 Å². The molecule has 4 heterocycles. The highest BCUT2D eigenvalue weighted by Gasteiger charge is 2.44. The first-order valence-corrected chi connectivity index (χ1v) is 24.9. The van der Waals surface area contributed by atoms with E-state index in [1.165, 1.54) is 67.7 Å². The highest BCUT2D eigenvalue weighted by molar-refractivity contribution is 5.89. The molecule has 5 aromatic carbocycles. The maximum absolute atomic E-state index is 14.2. The number of carbonyl (C=O) groups is 4. The zero-order chi connectivity index (χ0) is 48.6. The molecule has 4 unspecified atom stereocenters. The summed E-state index contributed by atoms with van der Waals surface area (Å²) in [6.45, 7) is 1.12. The lowest BCUT2D eigenvalue weighted by molar-refractivity contribution is -0.135. The first kappa shape index (κ1) is 45.7. The summed E-state index contributed by atoms with van der Waals surface area (Å²) in [5.74, 6) is 1.07. The summed E-state index contributed by atoms with van der Waals surface area (Å²) >= 11 is 0. The molecule has 0 radical (unpaired) electrons. The third-order valence-corrected chi connectivity index (χ3v) is 15.5. The SMILES string of the molecule is COC(=O)NC(C(=O)N1CCCC1c1ncc(-c2ccc(-c3ccc(-c4ccc5nc(C6CCCN6C(=O)C(NC(=O)OC)c6ccccc6)[nH]c5c4)c4c3C3(CCCC3)CC4)cc2)[nH]1)c1ccccc1. The van der Waals surface area contributed by atoms with E-state index in [2.05, 4.69) is 75.2 Å². The number of ether oxygens (including phenoxy) is 2. The number of methoxy groups -OCH3 is 2. The molecular formula is C57H58N8O6. The number of fused-ring (bicyclic) bond motifs is 3. The first-order valence-electron chi connectivity index (χ1n) is 24.9. The molecule has 71 heavy (non-hydrogen) atoms. The number of hydrogen-bond acceptors (Lipinski definition) is 8. The molecule has 11 rings (SSSR count). The molecule has 3 fully saturated rings. The number of imidazole rings is 2. The Hall–Kier alpha value is -7.74. The van der Waals surface area contributed by atoms with Gasteiger partial charge in [0.2, 0.25) is 0 Å². The second kappa shape index (κ2) is 19.2. The van der Waals surface area contributed by atoms with Gasteiger partial charge in [-0.1, -0.05) is 116 Å². The third-order valence-electron chi connectivity index (χ3n) is 15.5. The number of nitrogens with zero attached hydrogens (tertiary/aromatic N) is 4. The van der Waals surface area contributed by atoms with E-state index in [-0.39, 0.29) is 29.3 Å². The molecule has 4 atom stereocenters. The van der Waals surface area contributed by atoms with Gasteiger partial charge in [-0.3, -0.25) is 9.59 Å². The van der Waals surface area contributed by atoms with Gasteiger partial charge in [0.15, 0.2) is 0 Å². The molecule has 4 aliphatic rings. The lowest BCUT2D eigenvalue weighted by Crippen LogP contribution is -2.42. The van der Waals surface area contributed by atoms with Gasteiger partial charge in [0.25, 0.3) is 11.8 Å². The minimum absolute atomic E-state index is 0.151. The van der Waals surface area contributed by atoms with Crippen molar-refractivity contribution in [2.45, 2.75) is 93.8 Å². The van der Waals surface area contributed by atoms with Crippen LogP contribution < -0.4 is 10.6 Å². The van der Waals surface area contributed by atoms with Gasteiger partial charge >= 0.3 is 12.2 Å². The van der Waals surface area contributed by atoms with Gasteiger partial charge < -0.3 is 39.9 Å². The number of rotatable bonds is 11. The molecule has 7 aromatic rings. The van der Waals surface area contributed by atoms with Crippen molar-refractivity contribution in [3.8, 4) is 33.5 Å². The van der Waals surface area contributed by atoms with Crippen molar-refractivity contribution < 1.29 is 28.7 Å². The maximum atomic E-state index is 14.2. The summed E-state index contributed by atoms with van der Waals surface area (Å²) in [5, 5.41) is 5.51. The lowest BCUT2D eigenvalue weighted by Gasteiger charge is -2.28. The Labute approximate surface area is 412 Å². The molecule has 14 nitrogen and oxygen atoms in total. The van der Waals surface area contributed by atoms with E-state index in [0.717, 1.165) is 78.0 Å². The summed E-state index contributed by atoms with van der Waals surface area (Å²) in [4.78, 5) is 73.7. The van der Waals surface area contributed by atoms with Crippen molar-refractivity contribution in [1.82, 2.24) is 40.4 Å². The van der Waals surface area contributed by atoms with Gasteiger partial charge in [-0.2, -0.15) is 0 Å². The van der Waals surface area contributed by atoms with Crippen LogP contribution in [0.15, 0.2) is 121 Å². The van der Waals surface area contributed by atoms with Crippen molar-refractivity contribution in [3.63, 3.8) is 0 Å². The van der Waals surface area contributed by atoms with Gasteiger partial charge in [-0.05, 0) is 119 Å². The Morgan fingerprint density at radius 3 is 1.80 bits per heavy atom. The quantitative estimate of drug-likeness (QED) is 0.0991. The first-order chi connectivity index (χ1) is 34.7. The highest BCUT2D eigenvalue weighted by Crippen LogP contribution is 2.55. The Kier molecular flexibility index (Phi) is 12.4. The fourth-order valence-electron chi connectivity index (χ4n) is 12.1. The monoisotopic (exact) mass is 950 g/mol. The van der Waals surface area contributed by atoms with E-state index in [1.807, 2.05) is 76.7 Å². The molecule has 1 spiro atoms. The van der Waals surface area contributed by atoms with Crippen LogP contribution in [-0.4, -0.2) is 81.0 Å². The molecule has 362 valence electrons. The Balaban J connectivity index is 0.850. The Morgan fingerprint density at radius 1 is 0.634 bits per heavy atom. The van der Waals surface area contributed by atoms with Crippen molar-refractivity contribution in [1.29, 1.82) is 0 Å². The minimum atomic E-state index is -0.885. The number of H-pyrrole nitrogens is 2. The van der Waals surface area contributed by atoms with Crippen LogP contribution in [0, 0.1) is 0 Å². The van der Waals surface area contributed by atoms with Crippen molar-refractivity contribution >= 4 is 35.0 Å². The molecule has 2 aromatic heterocycles. The van der Waals surface area contributed by atoms with Crippen LogP contribution in [-0.2, 0) is 30.9 Å². The fraction of sp³-hybridized carbons (Fsp3) is 0.333. The number of carbonyl (C=O) groups excluding carboxylic acids is 4. The number of aromatic amines is 2. The number of aromatic nitrogens is 4. The predicted octanol–water partition coefficient (Wildman–Crippen LogP) is 10.6. The molecule has 2 aliphatic heterocycles. The van der Waals surface area contributed by atoms with Crippen LogP contribution >= 0.6 is 0 Å². The van der Waals surface area contributed by atoms with E-state index in [1.54, 1.807) is 0 Å². The Morgan fingerprint density at radius 2 is 1.20 bits per heavy atom. The van der Waals surface area contributed by atoms with Crippen LogP contribution in [0.3, 0.4) is 0 Å². The zero-order valence-electron chi connectivity index (χ0n) is 40.1. The van der Waals surface area contributed by atoms with Crippen LogP contribution in [0.5, 0.6) is 0 Å². The average Bonchev–Trinajstić information content (AvgIpc) is 4.29. The van der Waals surface area contributed by atoms with E-state index >= 15 is 0 Å². The molecule has 1 saturated carbocycles. The summed E-state index contributed by atoms with van der Waals surface area (Å²) in [7, 11) is 2.59. The number of benzene rings is 5. The number of alkyl carbamates (subject to hydrolysis) is 2. The minimum Gasteiger partial charge on any atom is -0.453 e. The van der Waals surface area contributed by atoms with Crippen LogP contribution in [0.1, 0.15) is 116 Å². The van der Waals surface area contributed by atoms with E-state index in [9.17, 15) is 19.2 Å². The Bertz CT molecular complexity index is 3110. The van der Waals surface area contributed by atoms with E-state index in [0.29, 0.717) is 24.2 Å². The van der Waals surface area contributed by atoms with Crippen molar-refractivity contribution in [2.24, 2.45) is 0 Å². The maximum Gasteiger partial charge on any atom is 0.407 e. The lowest BCUT2D eigenvalue weighted by atomic mass is 9.76. The largest absolute Gasteiger partial charge is 0.453 e. The summed E-state index contributed by atoms with van der Waals surface area (Å²) < 4.78 is 9.78. The summed E-state index contributed by atoms with van der Waals surface area (Å²) in [6.07, 6.45) is 10.7. The molecule has 4 amide bonds. The van der Waals surface area contributed by atoms with Gasteiger partial charge in [-0.25, -0.2) is 19.6 Å². The van der Waals surface area contributed by atoms with Gasteiger partial charge in [-0.15, -0.1) is 0 Å². The van der Waals surface area contributed by atoms with Crippen LogP contribution in [0.25, 0.3) is 44.5 Å². The molecular weight excluding hydrogens is 893 g/mol. The van der Waals surface area contributed by atoms with E-state index in [4.69, 9.17) is 19.4 Å². The van der Waals surface area contributed by atoms with Gasteiger partial charge in [0, 0.05) is 13.1 Å². The number of nitrogens with one attached hydrogen (secondary N) is 4. The number of hydrogen-bond donors (Lipinski definition) is 4. The second-order valence-corrected chi connectivity index (χ2v) is 19.5. The summed E-state index contributed by atoms with van der Waals surface area (Å²) in [6, 6.07) is 36.1. The smallest absolute Gasteiger partial charge is 0.407 e. The standard InChI is InChI=1S/C57H58N8O6/c1-70-55(68)62-49(37-13-5-3-6-14-37)53(66)64-31-11-17-46(64)51-58-34-45(61-51)36-21-19-35(20-22-36)41-25-24-40(42-27-30-57(48(41)42)28-9-10-29-57)39-23-26-43-44(33-39)60-52(59-43)47-18-12-32-65(47)54(67)50(63-56(69)71-2)38-15-7-4-8-16-38/h3-8,13-16,19-26,33-34,46-47,49-50H,9-12,17-18,27-32H2,1-2H3,(H,58,61)(H,59,60)(H,62,68)(H,63,69). The molecule has 0 bridgehead atoms. The van der Waals surface area contributed by atoms with E-state index < -0.39 is 24.3 Å². The van der Waals surface area contributed by atoms with Crippen LogP contribution in [0.2, 0.25) is 0 Å². The predicted molar refractivity (Wildman–Crippen MR) is 270 cm³/mol. The third kappa shape index (κ3) is 8.59.